The summed E-state index contributed by atoms with van der Waals surface area (Å²) in [6, 6.07) is 4.07. The predicted molar refractivity (Wildman–Crippen MR) is 79.8 cm³/mol. The summed E-state index contributed by atoms with van der Waals surface area (Å²) in [6.07, 6.45) is 5.94. The van der Waals surface area contributed by atoms with Crippen LogP contribution in [0.15, 0.2) is 18.3 Å². The molecular weight excluding hydrogens is 250 g/mol. The number of methoxy groups -OCH3 is 1. The van der Waals surface area contributed by atoms with E-state index in [9.17, 15) is 0 Å². The number of ether oxygens (including phenoxy) is 1. The van der Waals surface area contributed by atoms with Crippen LogP contribution in [0.3, 0.4) is 0 Å². The Morgan fingerprint density at radius 1 is 1.45 bits per heavy atom. The quantitative estimate of drug-likeness (QED) is 0.912. The number of aromatic nitrogens is 1. The van der Waals surface area contributed by atoms with Crippen LogP contribution in [0.25, 0.3) is 0 Å². The number of nitrogens with zero attached hydrogens (tertiary/aromatic N) is 2. The standard InChI is InChI=1S/C16H25N3O/c1-16(14-5-6-14)12-19(9-3-8-18-16)11-13-4-7-15(20-2)17-10-13/h4,7,10,14,18H,3,5-6,8-9,11-12H2,1-2H3. The summed E-state index contributed by atoms with van der Waals surface area (Å²) in [5, 5.41) is 3.78. The third-order valence-electron chi connectivity index (χ3n) is 4.62. The molecule has 1 aromatic rings. The summed E-state index contributed by atoms with van der Waals surface area (Å²) < 4.78 is 5.12. The monoisotopic (exact) mass is 275 g/mol. The molecule has 0 amide bonds. The first-order valence-electron chi connectivity index (χ1n) is 7.66. The highest BCUT2D eigenvalue weighted by molar-refractivity contribution is 5.18. The van der Waals surface area contributed by atoms with E-state index in [4.69, 9.17) is 4.74 Å². The van der Waals surface area contributed by atoms with E-state index >= 15 is 0 Å². The molecule has 1 unspecified atom stereocenters. The maximum atomic E-state index is 5.12. The van der Waals surface area contributed by atoms with Crippen molar-refractivity contribution >= 4 is 0 Å². The molecule has 4 heteroatoms. The molecule has 1 saturated heterocycles. The molecule has 20 heavy (non-hydrogen) atoms. The van der Waals surface area contributed by atoms with Gasteiger partial charge in [-0.15, -0.1) is 0 Å². The number of hydrogen-bond donors (Lipinski definition) is 1. The Hall–Kier alpha value is -1.13. The lowest BCUT2D eigenvalue weighted by Crippen LogP contribution is -2.50. The van der Waals surface area contributed by atoms with Crippen molar-refractivity contribution in [2.75, 3.05) is 26.7 Å². The first-order chi connectivity index (χ1) is 9.69. The topological polar surface area (TPSA) is 37.4 Å². The van der Waals surface area contributed by atoms with Crippen LogP contribution in [0.2, 0.25) is 0 Å². The highest BCUT2D eigenvalue weighted by Gasteiger charge is 2.42. The van der Waals surface area contributed by atoms with Crippen molar-refractivity contribution in [2.24, 2.45) is 5.92 Å². The maximum Gasteiger partial charge on any atom is 0.212 e. The molecule has 1 aliphatic heterocycles. The van der Waals surface area contributed by atoms with Gasteiger partial charge in [0.2, 0.25) is 5.88 Å². The third-order valence-corrected chi connectivity index (χ3v) is 4.62. The smallest absolute Gasteiger partial charge is 0.212 e. The van der Waals surface area contributed by atoms with Gasteiger partial charge in [0.25, 0.3) is 0 Å². The van der Waals surface area contributed by atoms with Gasteiger partial charge in [-0.25, -0.2) is 4.98 Å². The van der Waals surface area contributed by atoms with Crippen molar-refractivity contribution in [2.45, 2.75) is 38.3 Å². The van der Waals surface area contributed by atoms with Crippen molar-refractivity contribution in [3.8, 4) is 5.88 Å². The molecule has 1 atom stereocenters. The van der Waals surface area contributed by atoms with Crippen molar-refractivity contribution in [3.05, 3.63) is 23.9 Å². The molecule has 1 N–H and O–H groups in total. The molecule has 1 aliphatic carbocycles. The van der Waals surface area contributed by atoms with Crippen LogP contribution in [-0.4, -0.2) is 42.2 Å². The van der Waals surface area contributed by atoms with E-state index in [0.717, 1.165) is 25.6 Å². The van der Waals surface area contributed by atoms with Crippen molar-refractivity contribution < 1.29 is 4.74 Å². The second-order valence-electron chi connectivity index (χ2n) is 6.39. The molecule has 110 valence electrons. The molecule has 0 spiro atoms. The van der Waals surface area contributed by atoms with Crippen LogP contribution < -0.4 is 10.1 Å². The molecule has 0 bridgehead atoms. The normalized spacial score (nSPS) is 28.1. The van der Waals surface area contributed by atoms with Crippen LogP contribution >= 0.6 is 0 Å². The van der Waals surface area contributed by atoms with Gasteiger partial charge in [-0.2, -0.15) is 0 Å². The Balaban J connectivity index is 1.65. The van der Waals surface area contributed by atoms with E-state index in [2.05, 4.69) is 28.2 Å². The van der Waals surface area contributed by atoms with Crippen molar-refractivity contribution in [3.63, 3.8) is 0 Å². The minimum atomic E-state index is 0.302. The lowest BCUT2D eigenvalue weighted by Gasteiger charge is -2.34. The molecule has 0 radical (unpaired) electrons. The van der Waals surface area contributed by atoms with Crippen molar-refractivity contribution in [1.29, 1.82) is 0 Å². The second-order valence-corrected chi connectivity index (χ2v) is 6.39. The zero-order valence-corrected chi connectivity index (χ0v) is 12.6. The Kier molecular flexibility index (Phi) is 3.94. The number of nitrogens with one attached hydrogen (secondary N) is 1. The number of rotatable bonds is 4. The Morgan fingerprint density at radius 3 is 2.95 bits per heavy atom. The van der Waals surface area contributed by atoms with Gasteiger partial charge in [-0.1, -0.05) is 6.07 Å². The first-order valence-corrected chi connectivity index (χ1v) is 7.66. The van der Waals surface area contributed by atoms with Crippen LogP contribution in [0, 0.1) is 5.92 Å². The van der Waals surface area contributed by atoms with E-state index in [0.29, 0.717) is 11.4 Å². The molecule has 1 aromatic heterocycles. The summed E-state index contributed by atoms with van der Waals surface area (Å²) in [4.78, 5) is 6.88. The molecular formula is C16H25N3O. The fourth-order valence-electron chi connectivity index (χ4n) is 3.29. The molecule has 2 fully saturated rings. The van der Waals surface area contributed by atoms with E-state index in [1.807, 2.05) is 12.3 Å². The van der Waals surface area contributed by atoms with Crippen LogP contribution in [0.5, 0.6) is 5.88 Å². The molecule has 0 aromatic carbocycles. The number of hydrogen-bond acceptors (Lipinski definition) is 4. The molecule has 2 heterocycles. The van der Waals surface area contributed by atoms with Gasteiger partial charge in [0.05, 0.1) is 7.11 Å². The van der Waals surface area contributed by atoms with E-state index in [-0.39, 0.29) is 0 Å². The van der Waals surface area contributed by atoms with Crippen LogP contribution in [-0.2, 0) is 6.54 Å². The van der Waals surface area contributed by atoms with Crippen LogP contribution in [0.1, 0.15) is 31.7 Å². The van der Waals surface area contributed by atoms with Gasteiger partial charge in [0, 0.05) is 30.9 Å². The second kappa shape index (κ2) is 5.70. The summed E-state index contributed by atoms with van der Waals surface area (Å²) in [5.74, 6) is 1.56. The van der Waals surface area contributed by atoms with Crippen molar-refractivity contribution in [1.82, 2.24) is 15.2 Å². The lowest BCUT2D eigenvalue weighted by molar-refractivity contribution is 0.195. The minimum absolute atomic E-state index is 0.302. The highest BCUT2D eigenvalue weighted by Crippen LogP contribution is 2.40. The van der Waals surface area contributed by atoms with Gasteiger partial charge < -0.3 is 10.1 Å². The average molecular weight is 275 g/mol. The third kappa shape index (κ3) is 3.13. The zero-order chi connectivity index (χ0) is 14.0. The summed E-state index contributed by atoms with van der Waals surface area (Å²) in [5.41, 5.74) is 1.57. The Bertz CT molecular complexity index is 444. The first kappa shape index (κ1) is 13.8. The SMILES string of the molecule is COc1ccc(CN2CCCNC(C)(C3CC3)C2)cn1. The highest BCUT2D eigenvalue weighted by atomic mass is 16.5. The lowest BCUT2D eigenvalue weighted by atomic mass is 9.95. The van der Waals surface area contributed by atoms with Crippen LogP contribution in [0.4, 0.5) is 0 Å². The average Bonchev–Trinajstić information content (AvgIpc) is 3.28. The van der Waals surface area contributed by atoms with E-state index < -0.39 is 0 Å². The Morgan fingerprint density at radius 2 is 2.30 bits per heavy atom. The minimum Gasteiger partial charge on any atom is -0.481 e. The fraction of sp³-hybridized carbons (Fsp3) is 0.688. The van der Waals surface area contributed by atoms with Gasteiger partial charge in [-0.05, 0) is 50.8 Å². The Labute approximate surface area is 121 Å². The fourth-order valence-corrected chi connectivity index (χ4v) is 3.29. The molecule has 3 rings (SSSR count). The zero-order valence-electron chi connectivity index (χ0n) is 12.6. The molecule has 2 aliphatic rings. The van der Waals surface area contributed by atoms with Gasteiger partial charge >= 0.3 is 0 Å². The summed E-state index contributed by atoms with van der Waals surface area (Å²) in [7, 11) is 1.66. The largest absolute Gasteiger partial charge is 0.481 e. The molecule has 4 nitrogen and oxygen atoms in total. The van der Waals surface area contributed by atoms with Gasteiger partial charge in [0.15, 0.2) is 0 Å². The van der Waals surface area contributed by atoms with E-state index in [1.165, 1.54) is 31.4 Å². The predicted octanol–water partition coefficient (Wildman–Crippen LogP) is 2.05. The van der Waals surface area contributed by atoms with E-state index in [1.54, 1.807) is 7.11 Å². The maximum absolute atomic E-state index is 5.12. The summed E-state index contributed by atoms with van der Waals surface area (Å²) >= 11 is 0. The van der Waals surface area contributed by atoms with Gasteiger partial charge in [-0.3, -0.25) is 4.90 Å². The van der Waals surface area contributed by atoms with Gasteiger partial charge in [0.1, 0.15) is 0 Å². The summed E-state index contributed by atoms with van der Waals surface area (Å²) in [6.45, 7) is 6.84. The molecule has 1 saturated carbocycles. The number of pyridine rings is 1.